The van der Waals surface area contributed by atoms with E-state index in [4.69, 9.17) is 33.0 Å². The summed E-state index contributed by atoms with van der Waals surface area (Å²) in [4.78, 5) is 22.0. The second-order valence-corrected chi connectivity index (χ2v) is 4.77. The van der Waals surface area contributed by atoms with Crippen LogP contribution in [-0.4, -0.2) is 35.5 Å². The Labute approximate surface area is 126 Å². The van der Waals surface area contributed by atoms with E-state index in [0.717, 1.165) is 5.56 Å². The summed E-state index contributed by atoms with van der Waals surface area (Å²) in [6.07, 6.45) is -1.02. The number of Topliss-reactive ketones (excluding diaryl/α,β-unsaturated/α-hetero) is 1. The lowest BCUT2D eigenvalue weighted by molar-refractivity contribution is -0.119. The summed E-state index contributed by atoms with van der Waals surface area (Å²) in [5.74, 6) is -0.605. The average molecular weight is 320 g/mol. The number of ether oxygens (including phenoxy) is 1. The van der Waals surface area contributed by atoms with Crippen LogP contribution in [0.3, 0.4) is 0 Å². The molecule has 1 atom stereocenters. The van der Waals surface area contributed by atoms with Crippen LogP contribution in [0.4, 0.5) is 4.79 Å². The summed E-state index contributed by atoms with van der Waals surface area (Å²) in [6, 6.07) is 6.34. The van der Waals surface area contributed by atoms with Crippen LogP contribution in [0.2, 0.25) is 5.02 Å². The lowest BCUT2D eigenvalue weighted by atomic mass is 10.1. The molecular weight excluding hydrogens is 305 g/mol. The number of halogens is 2. The van der Waals surface area contributed by atoms with Gasteiger partial charge in [0.1, 0.15) is 0 Å². The third kappa shape index (κ3) is 6.23. The van der Waals surface area contributed by atoms with Crippen molar-refractivity contribution in [1.82, 2.24) is 5.32 Å². The second kappa shape index (κ2) is 8.79. The summed E-state index contributed by atoms with van der Waals surface area (Å²) in [7, 11) is 0. The molecule has 0 spiro atoms. The maximum atomic E-state index is 11.4. The van der Waals surface area contributed by atoms with Crippen molar-refractivity contribution in [2.75, 3.05) is 12.5 Å². The molecule has 0 radical (unpaired) electrons. The molecule has 0 unspecified atom stereocenters. The molecule has 1 aromatic rings. The molecule has 0 aliphatic heterocycles. The molecule has 1 aromatic carbocycles. The minimum absolute atomic E-state index is 0.234. The number of carboxylic acid groups (broad SMARTS) is 1. The monoisotopic (exact) mass is 319 g/mol. The molecule has 20 heavy (non-hydrogen) atoms. The van der Waals surface area contributed by atoms with Crippen molar-refractivity contribution in [3.63, 3.8) is 0 Å². The van der Waals surface area contributed by atoms with E-state index in [-0.39, 0.29) is 24.7 Å². The zero-order valence-corrected chi connectivity index (χ0v) is 12.2. The summed E-state index contributed by atoms with van der Waals surface area (Å²) >= 11 is 11.2. The molecule has 7 heteroatoms. The molecule has 2 N–H and O–H groups in total. The second-order valence-electron chi connectivity index (χ2n) is 4.07. The molecule has 0 aromatic heterocycles. The molecule has 0 saturated heterocycles. The summed E-state index contributed by atoms with van der Waals surface area (Å²) in [5.41, 5.74) is 0.945. The highest BCUT2D eigenvalue weighted by Crippen LogP contribution is 2.10. The van der Waals surface area contributed by atoms with E-state index in [1.165, 1.54) is 0 Å². The summed E-state index contributed by atoms with van der Waals surface area (Å²) in [5, 5.41) is 11.4. The summed E-state index contributed by atoms with van der Waals surface area (Å²) < 4.78 is 5.39. The van der Waals surface area contributed by atoms with Crippen molar-refractivity contribution in [3.8, 4) is 0 Å². The van der Waals surface area contributed by atoms with Gasteiger partial charge in [0.15, 0.2) is 5.78 Å². The van der Waals surface area contributed by atoms with Crippen LogP contribution in [0.1, 0.15) is 12.0 Å². The summed E-state index contributed by atoms with van der Waals surface area (Å²) in [6.45, 7) is 0.613. The van der Waals surface area contributed by atoms with Crippen LogP contribution in [0.25, 0.3) is 0 Å². The number of hydrogen-bond donors (Lipinski definition) is 2. The van der Waals surface area contributed by atoms with E-state index in [9.17, 15) is 9.59 Å². The van der Waals surface area contributed by atoms with Crippen LogP contribution in [0, 0.1) is 0 Å². The Morgan fingerprint density at radius 2 is 1.95 bits per heavy atom. The third-order valence-electron chi connectivity index (χ3n) is 2.55. The lowest BCUT2D eigenvalue weighted by Crippen LogP contribution is -2.41. The van der Waals surface area contributed by atoms with E-state index in [2.05, 4.69) is 5.32 Å². The predicted octanol–water partition coefficient (Wildman–Crippen LogP) is 2.69. The predicted molar refractivity (Wildman–Crippen MR) is 76.4 cm³/mol. The zero-order chi connectivity index (χ0) is 15.0. The fraction of sp³-hybridized carbons (Fsp3) is 0.385. The fourth-order valence-electron chi connectivity index (χ4n) is 1.53. The zero-order valence-electron chi connectivity index (χ0n) is 10.6. The molecule has 0 aliphatic rings. The van der Waals surface area contributed by atoms with Gasteiger partial charge in [-0.2, -0.15) is 0 Å². The van der Waals surface area contributed by atoms with Crippen LogP contribution in [0.5, 0.6) is 0 Å². The number of carbonyl (C=O) groups is 2. The number of benzene rings is 1. The minimum Gasteiger partial charge on any atom is -0.465 e. The number of hydrogen-bond acceptors (Lipinski definition) is 3. The highest BCUT2D eigenvalue weighted by molar-refractivity contribution is 6.30. The Hall–Kier alpha value is -1.30. The van der Waals surface area contributed by atoms with Gasteiger partial charge in [0, 0.05) is 11.6 Å². The van der Waals surface area contributed by atoms with Crippen molar-refractivity contribution >= 4 is 35.1 Å². The van der Waals surface area contributed by atoms with E-state index < -0.39 is 12.1 Å². The first-order chi connectivity index (χ1) is 9.52. The molecular formula is C13H15Cl2NO4. The first-order valence-electron chi connectivity index (χ1n) is 5.93. The maximum absolute atomic E-state index is 11.4. The Morgan fingerprint density at radius 3 is 2.50 bits per heavy atom. The van der Waals surface area contributed by atoms with Crippen LogP contribution in [-0.2, 0) is 16.1 Å². The average Bonchev–Trinajstić information content (AvgIpc) is 2.43. The Balaban J connectivity index is 2.34. The lowest BCUT2D eigenvalue weighted by Gasteiger charge is -2.14. The molecule has 0 heterocycles. The topological polar surface area (TPSA) is 75.6 Å². The van der Waals surface area contributed by atoms with Gasteiger partial charge >= 0.3 is 6.09 Å². The van der Waals surface area contributed by atoms with Crippen molar-refractivity contribution in [1.29, 1.82) is 0 Å². The van der Waals surface area contributed by atoms with Gasteiger partial charge in [-0.05, 0) is 24.1 Å². The van der Waals surface area contributed by atoms with Crippen molar-refractivity contribution in [3.05, 3.63) is 34.9 Å². The van der Waals surface area contributed by atoms with E-state index in [1.54, 1.807) is 12.1 Å². The van der Waals surface area contributed by atoms with Crippen molar-refractivity contribution < 1.29 is 19.4 Å². The van der Waals surface area contributed by atoms with E-state index >= 15 is 0 Å². The number of amides is 1. The van der Waals surface area contributed by atoms with Gasteiger partial charge in [-0.25, -0.2) is 4.79 Å². The SMILES string of the molecule is O=C(O)N[C@@H](CCOCc1ccc(Cl)cc1)C(=O)CCl. The number of carbonyl (C=O) groups excluding carboxylic acids is 1. The molecule has 0 fully saturated rings. The van der Waals surface area contributed by atoms with E-state index in [0.29, 0.717) is 11.6 Å². The third-order valence-corrected chi connectivity index (χ3v) is 3.07. The van der Waals surface area contributed by atoms with Gasteiger partial charge in [0.2, 0.25) is 0 Å². The molecule has 110 valence electrons. The highest BCUT2D eigenvalue weighted by Gasteiger charge is 2.19. The minimum atomic E-state index is -1.26. The van der Waals surface area contributed by atoms with Crippen molar-refractivity contribution in [2.24, 2.45) is 0 Å². The maximum Gasteiger partial charge on any atom is 0.405 e. The number of nitrogens with one attached hydrogen (secondary N) is 1. The molecule has 1 amide bonds. The Bertz CT molecular complexity index is 450. The van der Waals surface area contributed by atoms with Gasteiger partial charge in [-0.1, -0.05) is 23.7 Å². The normalized spacial score (nSPS) is 11.9. The Morgan fingerprint density at radius 1 is 1.30 bits per heavy atom. The number of ketones is 1. The first kappa shape index (κ1) is 16.8. The van der Waals surface area contributed by atoms with E-state index in [1.807, 2.05) is 12.1 Å². The van der Waals surface area contributed by atoms with Gasteiger partial charge < -0.3 is 15.2 Å². The molecule has 0 bridgehead atoms. The number of rotatable bonds is 8. The van der Waals surface area contributed by atoms with Gasteiger partial charge in [0.25, 0.3) is 0 Å². The largest absolute Gasteiger partial charge is 0.465 e. The molecule has 0 saturated carbocycles. The first-order valence-corrected chi connectivity index (χ1v) is 6.84. The molecule has 5 nitrogen and oxygen atoms in total. The van der Waals surface area contributed by atoms with Crippen LogP contribution >= 0.6 is 23.2 Å². The van der Waals surface area contributed by atoms with Gasteiger partial charge in [-0.15, -0.1) is 11.6 Å². The van der Waals surface area contributed by atoms with Crippen molar-refractivity contribution in [2.45, 2.75) is 19.1 Å². The van der Waals surface area contributed by atoms with Crippen LogP contribution in [0.15, 0.2) is 24.3 Å². The smallest absolute Gasteiger partial charge is 0.405 e. The van der Waals surface area contributed by atoms with Gasteiger partial charge in [0.05, 0.1) is 18.5 Å². The van der Waals surface area contributed by atoms with Gasteiger partial charge in [-0.3, -0.25) is 4.79 Å². The fourth-order valence-corrected chi connectivity index (χ4v) is 1.84. The highest BCUT2D eigenvalue weighted by atomic mass is 35.5. The standard InChI is InChI=1S/C13H15Cl2NO4/c14-7-12(17)11(16-13(18)19)5-6-20-8-9-1-3-10(15)4-2-9/h1-4,11,16H,5-8H2,(H,18,19)/t11-/m0/s1. The number of alkyl halides is 1. The quantitative estimate of drug-likeness (QED) is 0.570. The Kier molecular flexibility index (Phi) is 7.36. The van der Waals surface area contributed by atoms with Crippen LogP contribution < -0.4 is 5.32 Å². The molecule has 1 rings (SSSR count). The molecule has 0 aliphatic carbocycles.